The van der Waals surface area contributed by atoms with Crippen LogP contribution >= 0.6 is 0 Å². The zero-order valence-corrected chi connectivity index (χ0v) is 17.9. The summed E-state index contributed by atoms with van der Waals surface area (Å²) in [6, 6.07) is 4.70. The normalized spacial score (nSPS) is 12.5. The number of rotatable bonds is 6. The molecule has 1 heterocycles. The highest BCUT2D eigenvalue weighted by atomic mass is 32.2. The van der Waals surface area contributed by atoms with Gasteiger partial charge in [0.15, 0.2) is 0 Å². The van der Waals surface area contributed by atoms with Gasteiger partial charge in [-0.15, -0.1) is 0 Å². The number of carbonyl (C=O) groups is 2. The first-order chi connectivity index (χ1) is 14.1. The molecule has 31 heavy (non-hydrogen) atoms. The van der Waals surface area contributed by atoms with Gasteiger partial charge in [0.25, 0.3) is 0 Å². The molecule has 0 bridgehead atoms. The summed E-state index contributed by atoms with van der Waals surface area (Å²) in [5.74, 6) is -0.810. The van der Waals surface area contributed by atoms with Gasteiger partial charge in [-0.05, 0) is 45.9 Å². The highest BCUT2D eigenvalue weighted by Gasteiger charge is 2.46. The van der Waals surface area contributed by atoms with Crippen LogP contribution in [-0.2, 0) is 30.8 Å². The van der Waals surface area contributed by atoms with Gasteiger partial charge in [-0.2, -0.15) is 21.6 Å². The first-order valence-corrected chi connectivity index (χ1v) is 10.4. The van der Waals surface area contributed by atoms with Crippen LogP contribution in [0.5, 0.6) is 5.88 Å². The molecule has 0 aliphatic heterocycles. The highest BCUT2D eigenvalue weighted by molar-refractivity contribution is 7.93. The molecule has 2 aromatic rings. The number of nitrogens with zero attached hydrogens (tertiary/aromatic N) is 1. The van der Waals surface area contributed by atoms with E-state index < -0.39 is 33.3 Å². The van der Waals surface area contributed by atoms with Crippen molar-refractivity contribution in [1.29, 1.82) is 0 Å². The molecule has 0 atom stereocenters. The second-order valence-electron chi connectivity index (χ2n) is 7.27. The third-order valence-electron chi connectivity index (χ3n) is 3.58. The third kappa shape index (κ3) is 6.26. The number of nitrogens with one attached hydrogen (secondary N) is 1. The molecule has 172 valence electrons. The number of fused-ring (bicyclic) bond motifs is 1. The molecule has 0 radical (unpaired) electrons. The molecule has 0 fully saturated rings. The molecule has 0 saturated heterocycles. The van der Waals surface area contributed by atoms with E-state index in [9.17, 15) is 31.2 Å². The van der Waals surface area contributed by atoms with E-state index in [2.05, 4.69) is 0 Å². The standard InChI is InChI=1S/C18H21F3N2O7S/c1-5-28-16(25)29-14-9-11-8-12(22-31(26,27)18(19,20)21)6-7-13(11)23(14)10-15(24)30-17(2,3)4/h6-9,22H,5,10H2,1-4H3. The van der Waals surface area contributed by atoms with Crippen molar-refractivity contribution in [1.82, 2.24) is 4.57 Å². The van der Waals surface area contributed by atoms with Crippen LogP contribution in [-0.4, -0.2) is 42.8 Å². The predicted molar refractivity (Wildman–Crippen MR) is 104 cm³/mol. The largest absolute Gasteiger partial charge is 0.516 e. The van der Waals surface area contributed by atoms with Crippen molar-refractivity contribution in [2.75, 3.05) is 11.3 Å². The Balaban J connectivity index is 2.46. The van der Waals surface area contributed by atoms with E-state index in [1.807, 2.05) is 0 Å². The van der Waals surface area contributed by atoms with E-state index in [1.165, 1.54) is 21.4 Å². The number of alkyl halides is 3. The van der Waals surface area contributed by atoms with Crippen molar-refractivity contribution >= 4 is 38.7 Å². The van der Waals surface area contributed by atoms with Gasteiger partial charge in [0.05, 0.1) is 12.1 Å². The molecule has 1 aromatic heterocycles. The van der Waals surface area contributed by atoms with Crippen LogP contribution in [0.15, 0.2) is 24.3 Å². The predicted octanol–water partition coefficient (Wildman–Crippen LogP) is 3.78. The van der Waals surface area contributed by atoms with Gasteiger partial charge in [0, 0.05) is 17.1 Å². The molecule has 13 heteroatoms. The monoisotopic (exact) mass is 466 g/mol. The maximum atomic E-state index is 12.6. The van der Waals surface area contributed by atoms with Gasteiger partial charge < -0.3 is 18.8 Å². The summed E-state index contributed by atoms with van der Waals surface area (Å²) in [7, 11) is -5.62. The summed E-state index contributed by atoms with van der Waals surface area (Å²) in [5.41, 5.74) is -6.38. The average Bonchev–Trinajstić information content (AvgIpc) is 2.88. The zero-order valence-electron chi connectivity index (χ0n) is 17.1. The van der Waals surface area contributed by atoms with Gasteiger partial charge in [0.1, 0.15) is 12.1 Å². The van der Waals surface area contributed by atoms with Crippen LogP contribution in [0.25, 0.3) is 10.9 Å². The third-order valence-corrected chi connectivity index (χ3v) is 4.69. The maximum Gasteiger partial charge on any atom is 0.516 e. The Kier molecular flexibility index (Phi) is 6.78. The van der Waals surface area contributed by atoms with E-state index in [1.54, 1.807) is 27.7 Å². The van der Waals surface area contributed by atoms with Gasteiger partial charge in [-0.1, -0.05) is 0 Å². The molecule has 0 amide bonds. The summed E-state index contributed by atoms with van der Waals surface area (Å²) in [5, 5.41) is 0.199. The summed E-state index contributed by atoms with van der Waals surface area (Å²) in [6.45, 7) is 6.17. The molecule has 0 saturated carbocycles. The molecular formula is C18H21F3N2O7S. The Labute approximate surface area is 176 Å². The second-order valence-corrected chi connectivity index (χ2v) is 8.94. The summed E-state index contributed by atoms with van der Waals surface area (Å²) >= 11 is 0. The van der Waals surface area contributed by atoms with Crippen LogP contribution in [0, 0.1) is 0 Å². The average molecular weight is 466 g/mol. The molecule has 0 aliphatic carbocycles. The number of hydrogen-bond acceptors (Lipinski definition) is 7. The zero-order chi connectivity index (χ0) is 23.6. The SMILES string of the molecule is CCOC(=O)Oc1cc2cc(NS(=O)(=O)C(F)(F)F)ccc2n1CC(=O)OC(C)(C)C. The van der Waals surface area contributed by atoms with Crippen LogP contribution in [0.1, 0.15) is 27.7 Å². The van der Waals surface area contributed by atoms with Crippen LogP contribution in [0.2, 0.25) is 0 Å². The lowest BCUT2D eigenvalue weighted by Gasteiger charge is -2.20. The lowest BCUT2D eigenvalue weighted by molar-refractivity contribution is -0.155. The van der Waals surface area contributed by atoms with Crippen molar-refractivity contribution in [3.05, 3.63) is 24.3 Å². The number of carbonyl (C=O) groups excluding carboxylic acids is 2. The number of hydrogen-bond donors (Lipinski definition) is 1. The van der Waals surface area contributed by atoms with Crippen molar-refractivity contribution in [3.8, 4) is 5.88 Å². The molecule has 9 nitrogen and oxygen atoms in total. The quantitative estimate of drug-likeness (QED) is 0.645. The number of halogens is 3. The molecular weight excluding hydrogens is 445 g/mol. The number of aromatic nitrogens is 1. The lowest BCUT2D eigenvalue weighted by Crippen LogP contribution is -2.29. The summed E-state index contributed by atoms with van der Waals surface area (Å²) < 4.78 is 78.2. The van der Waals surface area contributed by atoms with Crippen molar-refractivity contribution in [3.63, 3.8) is 0 Å². The van der Waals surface area contributed by atoms with E-state index in [4.69, 9.17) is 14.2 Å². The molecule has 1 aromatic carbocycles. The number of ether oxygens (including phenoxy) is 3. The number of sulfonamides is 1. The van der Waals surface area contributed by atoms with Gasteiger partial charge in [-0.3, -0.25) is 9.52 Å². The molecule has 2 rings (SSSR count). The van der Waals surface area contributed by atoms with Crippen LogP contribution < -0.4 is 9.46 Å². The number of benzene rings is 1. The van der Waals surface area contributed by atoms with E-state index in [0.29, 0.717) is 0 Å². The lowest BCUT2D eigenvalue weighted by atomic mass is 10.2. The van der Waals surface area contributed by atoms with E-state index in [0.717, 1.165) is 12.1 Å². The Bertz CT molecular complexity index is 1090. The summed E-state index contributed by atoms with van der Waals surface area (Å²) in [6.07, 6.45) is -1.06. The first-order valence-electron chi connectivity index (χ1n) is 8.92. The van der Waals surface area contributed by atoms with Gasteiger partial charge in [0.2, 0.25) is 5.88 Å². The Morgan fingerprint density at radius 3 is 2.32 bits per heavy atom. The summed E-state index contributed by atoms with van der Waals surface area (Å²) in [4.78, 5) is 24.0. The first kappa shape index (κ1) is 24.3. The second kappa shape index (κ2) is 8.65. The Morgan fingerprint density at radius 2 is 1.77 bits per heavy atom. The maximum absolute atomic E-state index is 12.6. The van der Waals surface area contributed by atoms with E-state index >= 15 is 0 Å². The van der Waals surface area contributed by atoms with Gasteiger partial charge in [-0.25, -0.2) is 4.79 Å². The number of esters is 1. The topological polar surface area (TPSA) is 113 Å². The fraction of sp³-hybridized carbons (Fsp3) is 0.444. The van der Waals surface area contributed by atoms with Crippen molar-refractivity contribution in [2.45, 2.75) is 45.3 Å². The van der Waals surface area contributed by atoms with E-state index in [-0.39, 0.29) is 35.6 Å². The number of anilines is 1. The Morgan fingerprint density at radius 1 is 1.13 bits per heavy atom. The molecule has 0 unspecified atom stereocenters. The van der Waals surface area contributed by atoms with Crippen molar-refractivity contribution < 1.29 is 45.4 Å². The molecule has 1 N–H and O–H groups in total. The minimum atomic E-state index is -5.62. The van der Waals surface area contributed by atoms with Crippen LogP contribution in [0.3, 0.4) is 0 Å². The molecule has 0 aliphatic rings. The van der Waals surface area contributed by atoms with Crippen molar-refractivity contribution in [2.24, 2.45) is 0 Å². The fourth-order valence-electron chi connectivity index (χ4n) is 2.51. The highest BCUT2D eigenvalue weighted by Crippen LogP contribution is 2.31. The minimum Gasteiger partial charge on any atom is -0.459 e. The Hall–Kier alpha value is -2.96. The molecule has 0 spiro atoms. The van der Waals surface area contributed by atoms with Crippen LogP contribution in [0.4, 0.5) is 23.7 Å². The van der Waals surface area contributed by atoms with Gasteiger partial charge >= 0.3 is 27.7 Å². The fourth-order valence-corrected chi connectivity index (χ4v) is 3.06. The smallest absolute Gasteiger partial charge is 0.459 e. The minimum absolute atomic E-state index is 0.0223.